The highest BCUT2D eigenvalue weighted by molar-refractivity contribution is 5.89. The molecule has 1 aromatic rings. The molecule has 0 saturated carbocycles. The molecule has 5 atom stereocenters. The zero-order valence-electron chi connectivity index (χ0n) is 17.3. The van der Waals surface area contributed by atoms with Gasteiger partial charge in [0.15, 0.2) is 6.23 Å². The summed E-state index contributed by atoms with van der Waals surface area (Å²) in [6.07, 6.45) is -2.49. The number of ether oxygens (including phenoxy) is 2. The molecule has 0 aromatic carbocycles. The Morgan fingerprint density at radius 1 is 1.22 bits per heavy atom. The van der Waals surface area contributed by atoms with Crippen molar-refractivity contribution < 1.29 is 44.3 Å². The van der Waals surface area contributed by atoms with Gasteiger partial charge in [0.05, 0.1) is 0 Å². The van der Waals surface area contributed by atoms with Crippen LogP contribution in [-0.4, -0.2) is 78.8 Å². The van der Waals surface area contributed by atoms with Crippen molar-refractivity contribution in [3.8, 4) is 0 Å². The average molecular weight is 458 g/mol. The number of nitrogens with zero attached hydrogens (tertiary/aromatic N) is 2. The normalized spacial score (nSPS) is 23.4. The number of carboxylic acid groups (broad SMARTS) is 2. The molecule has 1 fully saturated rings. The number of esters is 1. The second-order valence-electron chi connectivity index (χ2n) is 7.00. The van der Waals surface area contributed by atoms with E-state index in [4.69, 9.17) is 31.2 Å². The van der Waals surface area contributed by atoms with Crippen LogP contribution in [0.2, 0.25) is 0 Å². The Labute approximate surface area is 181 Å². The van der Waals surface area contributed by atoms with Crippen LogP contribution < -0.4 is 17.2 Å². The van der Waals surface area contributed by atoms with Crippen molar-refractivity contribution in [1.82, 2.24) is 9.55 Å². The summed E-state index contributed by atoms with van der Waals surface area (Å²) in [7, 11) is 0. The van der Waals surface area contributed by atoms with E-state index in [1.165, 1.54) is 12.3 Å². The Balaban J connectivity index is 0.000000547. The minimum atomic E-state index is -1.39. The van der Waals surface area contributed by atoms with Gasteiger partial charge in [0.2, 0.25) is 0 Å². The van der Waals surface area contributed by atoms with Crippen molar-refractivity contribution in [2.24, 2.45) is 11.7 Å². The molecule has 1 saturated heterocycles. The van der Waals surface area contributed by atoms with Crippen molar-refractivity contribution in [3.63, 3.8) is 0 Å². The van der Waals surface area contributed by atoms with E-state index in [2.05, 4.69) is 4.98 Å². The first-order chi connectivity index (χ1) is 14.8. The van der Waals surface area contributed by atoms with Gasteiger partial charge in [0.1, 0.15) is 36.8 Å². The molecule has 0 aliphatic carbocycles. The number of nitrogens with two attached hydrogens (primary N) is 2. The van der Waals surface area contributed by atoms with Gasteiger partial charge in [-0.2, -0.15) is 4.98 Å². The second kappa shape index (κ2) is 11.9. The van der Waals surface area contributed by atoms with E-state index in [-0.39, 0.29) is 18.3 Å². The summed E-state index contributed by atoms with van der Waals surface area (Å²) in [5, 5.41) is 35.7. The average Bonchev–Trinajstić information content (AvgIpc) is 2.98. The van der Waals surface area contributed by atoms with Gasteiger partial charge in [-0.05, 0) is 12.0 Å². The number of rotatable bonds is 7. The van der Waals surface area contributed by atoms with Gasteiger partial charge in [-0.3, -0.25) is 9.36 Å². The standard InChI is InChI=1S/C14H22N4O6.C4H4O4/c1-6(2)9(16)13(21)23-5-7-10(19)11(20)12(24-7)18-4-3-8(15)17-14(18)22;5-3(6)1-2-4(7)8/h3-4,6-7,9-12,19-20H,5,16H2,1-2H3,(H2,15,17,22);1-2H,(H,5,6)(H,7,8)/b;2-1-/t7-,9+,10-,11+,12-;/m1./s1. The maximum atomic E-state index is 11.8. The molecule has 0 radical (unpaired) electrons. The number of hydrogen-bond acceptors (Lipinski definition) is 11. The number of aliphatic hydroxyl groups excluding tert-OH is 2. The topological polar surface area (TPSA) is 238 Å². The molecule has 14 nitrogen and oxygen atoms in total. The van der Waals surface area contributed by atoms with Gasteiger partial charge in [0.25, 0.3) is 0 Å². The first kappa shape index (κ1) is 26.7. The molecule has 2 rings (SSSR count). The lowest BCUT2D eigenvalue weighted by Gasteiger charge is -2.18. The Morgan fingerprint density at radius 3 is 2.25 bits per heavy atom. The Morgan fingerprint density at radius 2 is 1.78 bits per heavy atom. The van der Waals surface area contributed by atoms with Crippen LogP contribution >= 0.6 is 0 Å². The number of aliphatic carboxylic acids is 2. The number of aliphatic hydroxyl groups is 2. The Bertz CT molecular complexity index is 884. The largest absolute Gasteiger partial charge is 0.478 e. The number of nitrogen functional groups attached to an aromatic ring is 1. The quantitative estimate of drug-likeness (QED) is 0.186. The van der Waals surface area contributed by atoms with E-state index in [9.17, 15) is 29.4 Å². The highest BCUT2D eigenvalue weighted by Crippen LogP contribution is 2.28. The van der Waals surface area contributed by atoms with Gasteiger partial charge in [-0.25, -0.2) is 14.4 Å². The SMILES string of the molecule is CC(C)[C@H](N)C(=O)OC[C@H]1O[C@@H](n2ccc(N)nc2=O)[C@@H](O)[C@@H]1O.O=C(O)/C=C\C(=O)O. The Hall–Kier alpha value is -3.33. The molecular weight excluding hydrogens is 432 g/mol. The highest BCUT2D eigenvalue weighted by atomic mass is 16.6. The first-order valence-electron chi connectivity index (χ1n) is 9.27. The monoisotopic (exact) mass is 458 g/mol. The van der Waals surface area contributed by atoms with Crippen molar-refractivity contribution in [2.75, 3.05) is 12.3 Å². The second-order valence-corrected chi connectivity index (χ2v) is 7.00. The van der Waals surface area contributed by atoms with Gasteiger partial charge in [0, 0.05) is 18.3 Å². The van der Waals surface area contributed by atoms with Crippen molar-refractivity contribution in [3.05, 3.63) is 34.9 Å². The predicted molar refractivity (Wildman–Crippen MR) is 107 cm³/mol. The summed E-state index contributed by atoms with van der Waals surface area (Å²) in [4.78, 5) is 46.2. The Kier molecular flexibility index (Phi) is 9.93. The van der Waals surface area contributed by atoms with Gasteiger partial charge in [-0.1, -0.05) is 13.8 Å². The minimum Gasteiger partial charge on any atom is -0.478 e. The fourth-order valence-corrected chi connectivity index (χ4v) is 2.39. The zero-order valence-corrected chi connectivity index (χ0v) is 17.3. The fraction of sp³-hybridized carbons (Fsp3) is 0.500. The highest BCUT2D eigenvalue weighted by Gasteiger charge is 2.44. The molecule has 1 aliphatic rings. The van der Waals surface area contributed by atoms with Gasteiger partial charge < -0.3 is 41.4 Å². The lowest BCUT2D eigenvalue weighted by atomic mass is 10.1. The van der Waals surface area contributed by atoms with Gasteiger partial charge >= 0.3 is 23.6 Å². The van der Waals surface area contributed by atoms with Crippen LogP contribution in [0.3, 0.4) is 0 Å². The maximum Gasteiger partial charge on any atom is 0.351 e. The van der Waals surface area contributed by atoms with E-state index in [0.717, 1.165) is 4.57 Å². The maximum absolute atomic E-state index is 11.8. The van der Waals surface area contributed by atoms with Crippen LogP contribution in [0.5, 0.6) is 0 Å². The number of hydrogen-bond donors (Lipinski definition) is 6. The lowest BCUT2D eigenvalue weighted by Crippen LogP contribution is -2.40. The van der Waals surface area contributed by atoms with Crippen LogP contribution in [0, 0.1) is 5.92 Å². The third-order valence-corrected chi connectivity index (χ3v) is 4.21. The summed E-state index contributed by atoms with van der Waals surface area (Å²) < 4.78 is 11.5. The number of carboxylic acids is 2. The third-order valence-electron chi connectivity index (χ3n) is 4.21. The summed E-state index contributed by atoms with van der Waals surface area (Å²) in [6, 6.07) is 0.562. The smallest absolute Gasteiger partial charge is 0.351 e. The van der Waals surface area contributed by atoms with E-state index in [1.54, 1.807) is 13.8 Å². The van der Waals surface area contributed by atoms with Crippen molar-refractivity contribution in [2.45, 2.75) is 44.4 Å². The van der Waals surface area contributed by atoms with Crippen LogP contribution in [0.4, 0.5) is 5.82 Å². The van der Waals surface area contributed by atoms with E-state index >= 15 is 0 Å². The van der Waals surface area contributed by atoms with E-state index in [0.29, 0.717) is 12.2 Å². The van der Waals surface area contributed by atoms with E-state index < -0.39 is 54.2 Å². The molecule has 0 bridgehead atoms. The molecule has 0 amide bonds. The number of carbonyl (C=O) groups is 3. The van der Waals surface area contributed by atoms with Gasteiger partial charge in [-0.15, -0.1) is 0 Å². The molecule has 178 valence electrons. The molecule has 0 unspecified atom stereocenters. The first-order valence-corrected chi connectivity index (χ1v) is 9.27. The van der Waals surface area contributed by atoms with Crippen LogP contribution in [0.25, 0.3) is 0 Å². The van der Waals surface area contributed by atoms with Crippen LogP contribution in [0.1, 0.15) is 20.1 Å². The molecule has 2 heterocycles. The van der Waals surface area contributed by atoms with E-state index in [1.807, 2.05) is 0 Å². The number of anilines is 1. The summed E-state index contributed by atoms with van der Waals surface area (Å²) in [5.74, 6) is -3.23. The number of carbonyl (C=O) groups excluding carboxylic acids is 1. The molecule has 1 aliphatic heterocycles. The molecule has 14 heteroatoms. The predicted octanol–water partition coefficient (Wildman–Crippen LogP) is -2.32. The zero-order chi connectivity index (χ0) is 24.6. The third kappa shape index (κ3) is 7.73. The molecule has 32 heavy (non-hydrogen) atoms. The fourth-order valence-electron chi connectivity index (χ4n) is 2.39. The molecule has 8 N–H and O–H groups in total. The van der Waals surface area contributed by atoms with Crippen molar-refractivity contribution in [1.29, 1.82) is 0 Å². The minimum absolute atomic E-state index is 0.0254. The summed E-state index contributed by atoms with van der Waals surface area (Å²) in [6.45, 7) is 3.24. The molecule has 1 aromatic heterocycles. The summed E-state index contributed by atoms with van der Waals surface area (Å²) >= 11 is 0. The lowest BCUT2D eigenvalue weighted by molar-refractivity contribution is -0.152. The summed E-state index contributed by atoms with van der Waals surface area (Å²) in [5.41, 5.74) is 10.3. The van der Waals surface area contributed by atoms with Crippen LogP contribution in [0.15, 0.2) is 29.2 Å². The van der Waals surface area contributed by atoms with Crippen LogP contribution in [-0.2, 0) is 23.9 Å². The molecule has 0 spiro atoms. The molecular formula is C18H26N4O10. The number of aromatic nitrogens is 2. The van der Waals surface area contributed by atoms with Crippen molar-refractivity contribution >= 4 is 23.7 Å².